The second-order valence-corrected chi connectivity index (χ2v) is 6.79. The van der Waals surface area contributed by atoms with E-state index in [0.29, 0.717) is 17.1 Å². The lowest BCUT2D eigenvalue weighted by molar-refractivity contribution is 0.748. The topological polar surface area (TPSA) is 53.9 Å². The molecule has 1 saturated heterocycles. The molecule has 1 fully saturated rings. The van der Waals surface area contributed by atoms with Crippen LogP contribution in [0.25, 0.3) is 0 Å². The lowest BCUT2D eigenvalue weighted by Gasteiger charge is -2.15. The summed E-state index contributed by atoms with van der Waals surface area (Å²) in [7, 11) is 3.91. The number of hydrogen-bond acceptors (Lipinski definition) is 6. The van der Waals surface area contributed by atoms with Crippen molar-refractivity contribution < 1.29 is 0 Å². The number of nitrogens with one attached hydrogen (secondary N) is 1. The zero-order valence-electron chi connectivity index (χ0n) is 12.2. The van der Waals surface area contributed by atoms with E-state index in [0.717, 1.165) is 18.3 Å². The van der Waals surface area contributed by atoms with Crippen LogP contribution in [0.4, 0.5) is 11.9 Å². The zero-order chi connectivity index (χ0) is 13.8. The molecule has 0 radical (unpaired) electrons. The van der Waals surface area contributed by atoms with Crippen LogP contribution in [-0.2, 0) is 0 Å². The number of aromatic nitrogens is 3. The summed E-state index contributed by atoms with van der Waals surface area (Å²) in [5.41, 5.74) is 0. The Labute approximate surface area is 119 Å². The maximum absolute atomic E-state index is 4.51. The molecule has 5 nitrogen and oxygen atoms in total. The fourth-order valence-electron chi connectivity index (χ4n) is 1.93. The third-order valence-corrected chi connectivity index (χ3v) is 4.47. The van der Waals surface area contributed by atoms with E-state index in [1.54, 1.807) is 0 Å². The Morgan fingerprint density at radius 3 is 2.68 bits per heavy atom. The van der Waals surface area contributed by atoms with Crippen molar-refractivity contribution in [2.45, 2.75) is 37.9 Å². The van der Waals surface area contributed by atoms with Gasteiger partial charge in [-0.25, -0.2) is 0 Å². The summed E-state index contributed by atoms with van der Waals surface area (Å²) in [5, 5.41) is 4.06. The predicted octanol–water partition coefficient (Wildman–Crippen LogP) is 2.37. The number of hydrogen-bond donors (Lipinski definition) is 1. The monoisotopic (exact) mass is 281 g/mol. The smallest absolute Gasteiger partial charge is 0.229 e. The molecule has 1 aromatic rings. The van der Waals surface area contributed by atoms with E-state index in [-0.39, 0.29) is 0 Å². The Hall–Kier alpha value is -1.04. The van der Waals surface area contributed by atoms with Crippen LogP contribution < -0.4 is 10.2 Å². The Balaban J connectivity index is 2.09. The SMILES string of the molecule is CC(C)c1nc(NCC2CCCS2)nc(N(C)C)n1. The van der Waals surface area contributed by atoms with Gasteiger partial charge >= 0.3 is 0 Å². The van der Waals surface area contributed by atoms with Gasteiger partial charge in [0.2, 0.25) is 11.9 Å². The second kappa shape index (κ2) is 6.41. The van der Waals surface area contributed by atoms with Crippen molar-refractivity contribution in [2.24, 2.45) is 0 Å². The van der Waals surface area contributed by atoms with Gasteiger partial charge in [0, 0.05) is 31.8 Å². The Bertz CT molecular complexity index is 389. The van der Waals surface area contributed by atoms with Crippen LogP contribution in [0.3, 0.4) is 0 Å². The van der Waals surface area contributed by atoms with E-state index in [1.165, 1.54) is 18.6 Å². The average molecular weight is 281 g/mol. The molecule has 1 unspecified atom stereocenters. The fourth-order valence-corrected chi connectivity index (χ4v) is 3.13. The van der Waals surface area contributed by atoms with E-state index < -0.39 is 0 Å². The van der Waals surface area contributed by atoms with Crippen molar-refractivity contribution in [3.63, 3.8) is 0 Å². The highest BCUT2D eigenvalue weighted by atomic mass is 32.2. The molecular formula is C13H23N5S. The molecule has 1 aliphatic rings. The number of nitrogens with zero attached hydrogens (tertiary/aromatic N) is 4. The van der Waals surface area contributed by atoms with Gasteiger partial charge in [-0.05, 0) is 18.6 Å². The molecule has 0 amide bonds. The van der Waals surface area contributed by atoms with Crippen molar-refractivity contribution >= 4 is 23.7 Å². The van der Waals surface area contributed by atoms with Gasteiger partial charge in [-0.2, -0.15) is 26.7 Å². The van der Waals surface area contributed by atoms with E-state index in [9.17, 15) is 0 Å². The van der Waals surface area contributed by atoms with Gasteiger partial charge < -0.3 is 10.2 Å². The molecule has 1 atom stereocenters. The molecule has 0 spiro atoms. The third kappa shape index (κ3) is 3.96. The van der Waals surface area contributed by atoms with Crippen LogP contribution in [0, 0.1) is 0 Å². The van der Waals surface area contributed by atoms with Crippen molar-refractivity contribution in [1.29, 1.82) is 0 Å². The molecule has 106 valence electrons. The molecule has 1 N–H and O–H groups in total. The highest BCUT2D eigenvalue weighted by molar-refractivity contribution is 8.00. The number of rotatable bonds is 5. The lowest BCUT2D eigenvalue weighted by Crippen LogP contribution is -2.20. The third-order valence-electron chi connectivity index (χ3n) is 3.07. The first-order valence-corrected chi connectivity index (χ1v) is 7.90. The van der Waals surface area contributed by atoms with E-state index in [2.05, 4.69) is 34.1 Å². The van der Waals surface area contributed by atoms with E-state index in [1.807, 2.05) is 30.8 Å². The van der Waals surface area contributed by atoms with Crippen LogP contribution in [0.5, 0.6) is 0 Å². The van der Waals surface area contributed by atoms with Crippen LogP contribution in [0.1, 0.15) is 38.4 Å². The normalized spacial score (nSPS) is 18.9. The van der Waals surface area contributed by atoms with Crippen LogP contribution >= 0.6 is 11.8 Å². The van der Waals surface area contributed by atoms with Gasteiger partial charge in [0.25, 0.3) is 0 Å². The number of anilines is 2. The van der Waals surface area contributed by atoms with Crippen LogP contribution in [-0.4, -0.2) is 46.6 Å². The second-order valence-electron chi connectivity index (χ2n) is 5.38. The minimum absolute atomic E-state index is 0.308. The summed E-state index contributed by atoms with van der Waals surface area (Å²) in [4.78, 5) is 15.4. The molecule has 1 aromatic heterocycles. The lowest BCUT2D eigenvalue weighted by atomic mass is 10.2. The summed E-state index contributed by atoms with van der Waals surface area (Å²) in [6.07, 6.45) is 2.62. The highest BCUT2D eigenvalue weighted by Gasteiger charge is 2.16. The molecule has 0 aliphatic carbocycles. The first-order chi connectivity index (χ1) is 9.06. The summed E-state index contributed by atoms with van der Waals surface area (Å²) in [6, 6.07) is 0. The van der Waals surface area contributed by atoms with Gasteiger partial charge in [-0.1, -0.05) is 13.8 Å². The van der Waals surface area contributed by atoms with Gasteiger partial charge in [-0.3, -0.25) is 0 Å². The van der Waals surface area contributed by atoms with Crippen molar-refractivity contribution in [2.75, 3.05) is 36.6 Å². The molecule has 2 rings (SSSR count). The molecule has 19 heavy (non-hydrogen) atoms. The molecule has 0 saturated carbocycles. The first kappa shape index (κ1) is 14.4. The largest absolute Gasteiger partial charge is 0.353 e. The quantitative estimate of drug-likeness (QED) is 0.894. The standard InChI is InChI=1S/C13H23N5S/c1-9(2)11-15-12(17-13(16-11)18(3)4)14-8-10-6-5-7-19-10/h9-10H,5-8H2,1-4H3,(H,14,15,16,17). The minimum atomic E-state index is 0.308. The molecule has 0 bridgehead atoms. The summed E-state index contributed by atoms with van der Waals surface area (Å²) >= 11 is 2.04. The summed E-state index contributed by atoms with van der Waals surface area (Å²) < 4.78 is 0. The average Bonchev–Trinajstić information content (AvgIpc) is 2.89. The van der Waals surface area contributed by atoms with E-state index in [4.69, 9.17) is 0 Å². The van der Waals surface area contributed by atoms with Gasteiger partial charge in [0.1, 0.15) is 5.82 Å². The predicted molar refractivity (Wildman–Crippen MR) is 82.2 cm³/mol. The van der Waals surface area contributed by atoms with Crippen LogP contribution in [0.15, 0.2) is 0 Å². The summed E-state index contributed by atoms with van der Waals surface area (Å²) in [5.74, 6) is 3.86. The van der Waals surface area contributed by atoms with Gasteiger partial charge in [0.15, 0.2) is 0 Å². The Morgan fingerprint density at radius 1 is 1.32 bits per heavy atom. The highest BCUT2D eigenvalue weighted by Crippen LogP contribution is 2.26. The fraction of sp³-hybridized carbons (Fsp3) is 0.769. The maximum Gasteiger partial charge on any atom is 0.229 e. The van der Waals surface area contributed by atoms with Crippen molar-refractivity contribution in [1.82, 2.24) is 15.0 Å². The molecule has 6 heteroatoms. The van der Waals surface area contributed by atoms with Crippen molar-refractivity contribution in [3.8, 4) is 0 Å². The van der Waals surface area contributed by atoms with E-state index >= 15 is 0 Å². The maximum atomic E-state index is 4.51. The molecule has 0 aromatic carbocycles. The number of thioether (sulfide) groups is 1. The summed E-state index contributed by atoms with van der Waals surface area (Å²) in [6.45, 7) is 5.15. The molecular weight excluding hydrogens is 258 g/mol. The van der Waals surface area contributed by atoms with Gasteiger partial charge in [-0.15, -0.1) is 0 Å². The molecule has 1 aliphatic heterocycles. The Kier molecular flexibility index (Phi) is 4.85. The molecule has 2 heterocycles. The van der Waals surface area contributed by atoms with Gasteiger partial charge in [0.05, 0.1) is 0 Å². The first-order valence-electron chi connectivity index (χ1n) is 6.85. The van der Waals surface area contributed by atoms with Crippen molar-refractivity contribution in [3.05, 3.63) is 5.82 Å². The zero-order valence-corrected chi connectivity index (χ0v) is 13.0. The van der Waals surface area contributed by atoms with Crippen LogP contribution in [0.2, 0.25) is 0 Å². The minimum Gasteiger partial charge on any atom is -0.353 e. The Morgan fingerprint density at radius 2 is 2.11 bits per heavy atom.